The maximum absolute atomic E-state index is 12.2. The molecule has 0 fully saturated rings. The molecule has 0 radical (unpaired) electrons. The summed E-state index contributed by atoms with van der Waals surface area (Å²) in [7, 11) is 1.61. The van der Waals surface area contributed by atoms with Crippen molar-refractivity contribution in [2.45, 2.75) is 26.8 Å². The van der Waals surface area contributed by atoms with E-state index in [0.717, 1.165) is 12.2 Å². The molecule has 0 unspecified atom stereocenters. The molecule has 0 saturated heterocycles. The van der Waals surface area contributed by atoms with Crippen LogP contribution in [0.2, 0.25) is 0 Å². The third-order valence-electron chi connectivity index (χ3n) is 3.16. The highest BCUT2D eigenvalue weighted by Gasteiger charge is 2.19. The number of rotatable bonds is 5. The van der Waals surface area contributed by atoms with E-state index in [1.165, 1.54) is 11.0 Å². The number of hydrogen-bond donors (Lipinski definition) is 1. The summed E-state index contributed by atoms with van der Waals surface area (Å²) in [5.41, 5.74) is 0.108. The molecular formula is C15H17NO5. The minimum Gasteiger partial charge on any atom is -0.478 e. The first-order chi connectivity index (χ1) is 9.92. The SMILES string of the molecule is CCc1ccc(C(=O)N(C)Cc2cc(C(=O)O)c(C)o2)o1. The van der Waals surface area contributed by atoms with Gasteiger partial charge in [-0.05, 0) is 25.1 Å². The van der Waals surface area contributed by atoms with Gasteiger partial charge < -0.3 is 18.8 Å². The Kier molecular flexibility index (Phi) is 4.16. The van der Waals surface area contributed by atoms with E-state index < -0.39 is 5.97 Å². The van der Waals surface area contributed by atoms with Gasteiger partial charge in [-0.15, -0.1) is 0 Å². The normalized spacial score (nSPS) is 10.6. The van der Waals surface area contributed by atoms with Gasteiger partial charge >= 0.3 is 5.97 Å². The van der Waals surface area contributed by atoms with Gasteiger partial charge in [-0.25, -0.2) is 4.79 Å². The summed E-state index contributed by atoms with van der Waals surface area (Å²) in [4.78, 5) is 24.6. The number of carbonyl (C=O) groups excluding carboxylic acids is 1. The van der Waals surface area contributed by atoms with Gasteiger partial charge in [0.15, 0.2) is 5.76 Å². The number of aryl methyl sites for hydroxylation is 2. The fourth-order valence-electron chi connectivity index (χ4n) is 2.01. The fourth-order valence-corrected chi connectivity index (χ4v) is 2.01. The molecule has 1 amide bonds. The molecule has 112 valence electrons. The molecule has 21 heavy (non-hydrogen) atoms. The number of carboxylic acid groups (broad SMARTS) is 1. The van der Waals surface area contributed by atoms with Crippen LogP contribution < -0.4 is 0 Å². The Hall–Kier alpha value is -2.50. The third-order valence-corrected chi connectivity index (χ3v) is 3.16. The molecule has 6 nitrogen and oxygen atoms in total. The first kappa shape index (κ1) is 14.9. The summed E-state index contributed by atoms with van der Waals surface area (Å²) in [5, 5.41) is 8.97. The Morgan fingerprint density at radius 1 is 1.24 bits per heavy atom. The number of nitrogens with zero attached hydrogens (tertiary/aromatic N) is 1. The van der Waals surface area contributed by atoms with Crippen molar-refractivity contribution >= 4 is 11.9 Å². The predicted molar refractivity (Wildman–Crippen MR) is 74.3 cm³/mol. The Balaban J connectivity index is 2.10. The quantitative estimate of drug-likeness (QED) is 0.915. The summed E-state index contributed by atoms with van der Waals surface area (Å²) in [6.07, 6.45) is 0.719. The van der Waals surface area contributed by atoms with Gasteiger partial charge in [0.05, 0.1) is 6.54 Å². The fraction of sp³-hybridized carbons (Fsp3) is 0.333. The zero-order valence-electron chi connectivity index (χ0n) is 12.2. The Morgan fingerprint density at radius 2 is 1.95 bits per heavy atom. The summed E-state index contributed by atoms with van der Waals surface area (Å²) in [5.74, 6) is 0.424. The lowest BCUT2D eigenvalue weighted by Gasteiger charge is -2.13. The molecule has 2 aromatic heterocycles. The van der Waals surface area contributed by atoms with Gasteiger partial charge in [0.2, 0.25) is 0 Å². The van der Waals surface area contributed by atoms with Crippen LogP contribution in [0.4, 0.5) is 0 Å². The van der Waals surface area contributed by atoms with Crippen molar-refractivity contribution in [1.29, 1.82) is 0 Å². The second-order valence-corrected chi connectivity index (χ2v) is 4.77. The maximum Gasteiger partial charge on any atom is 0.339 e. The number of furan rings is 2. The van der Waals surface area contributed by atoms with Crippen molar-refractivity contribution < 1.29 is 23.5 Å². The highest BCUT2D eigenvalue weighted by Crippen LogP contribution is 2.17. The van der Waals surface area contributed by atoms with Crippen molar-refractivity contribution in [3.63, 3.8) is 0 Å². The van der Waals surface area contributed by atoms with Gasteiger partial charge in [-0.1, -0.05) is 6.92 Å². The van der Waals surface area contributed by atoms with Crippen LogP contribution in [-0.4, -0.2) is 28.9 Å². The molecule has 2 aromatic rings. The van der Waals surface area contributed by atoms with E-state index in [1.807, 2.05) is 6.92 Å². The number of aromatic carboxylic acids is 1. The van der Waals surface area contributed by atoms with Crippen LogP contribution in [0, 0.1) is 6.92 Å². The van der Waals surface area contributed by atoms with Gasteiger partial charge in [-0.2, -0.15) is 0 Å². The first-order valence-corrected chi connectivity index (χ1v) is 6.59. The molecule has 0 aliphatic heterocycles. The molecule has 1 N–H and O–H groups in total. The molecule has 0 atom stereocenters. The van der Waals surface area contributed by atoms with E-state index in [1.54, 1.807) is 26.1 Å². The van der Waals surface area contributed by atoms with Crippen molar-refractivity contribution in [1.82, 2.24) is 4.90 Å². The largest absolute Gasteiger partial charge is 0.478 e. The van der Waals surface area contributed by atoms with Crippen molar-refractivity contribution in [2.24, 2.45) is 0 Å². The standard InChI is InChI=1S/C15H17NO5/c1-4-10-5-6-13(21-10)14(17)16(3)8-11-7-12(15(18)19)9(2)20-11/h5-7H,4,8H2,1-3H3,(H,18,19). The summed E-state index contributed by atoms with van der Waals surface area (Å²) < 4.78 is 10.8. The Bertz CT molecular complexity index is 667. The zero-order chi connectivity index (χ0) is 15.6. The van der Waals surface area contributed by atoms with Crippen LogP contribution in [-0.2, 0) is 13.0 Å². The monoisotopic (exact) mass is 291 g/mol. The lowest BCUT2D eigenvalue weighted by Crippen LogP contribution is -2.25. The second kappa shape index (κ2) is 5.87. The molecule has 2 heterocycles. The summed E-state index contributed by atoms with van der Waals surface area (Å²) in [6, 6.07) is 4.83. The van der Waals surface area contributed by atoms with Crippen molar-refractivity contribution in [3.05, 3.63) is 46.8 Å². The minimum absolute atomic E-state index is 0.108. The predicted octanol–water partition coefficient (Wildman–Crippen LogP) is 2.71. The topological polar surface area (TPSA) is 83.9 Å². The van der Waals surface area contributed by atoms with Crippen LogP contribution >= 0.6 is 0 Å². The molecule has 0 aliphatic rings. The Labute approximate surface area is 122 Å². The molecule has 0 bridgehead atoms. The molecule has 0 aliphatic carbocycles. The number of carboxylic acids is 1. The third kappa shape index (κ3) is 3.16. The molecule has 0 aromatic carbocycles. The minimum atomic E-state index is -1.05. The highest BCUT2D eigenvalue weighted by atomic mass is 16.4. The van der Waals surface area contributed by atoms with Crippen LogP contribution in [0.3, 0.4) is 0 Å². The second-order valence-electron chi connectivity index (χ2n) is 4.77. The van der Waals surface area contributed by atoms with Gasteiger partial charge in [-0.3, -0.25) is 4.79 Å². The van der Waals surface area contributed by atoms with Gasteiger partial charge in [0.1, 0.15) is 22.8 Å². The van der Waals surface area contributed by atoms with E-state index in [-0.39, 0.29) is 23.8 Å². The average Bonchev–Trinajstić information content (AvgIpc) is 3.04. The number of hydrogen-bond acceptors (Lipinski definition) is 4. The van der Waals surface area contributed by atoms with Crippen molar-refractivity contribution in [3.8, 4) is 0 Å². The molecular weight excluding hydrogens is 274 g/mol. The van der Waals surface area contributed by atoms with Gasteiger partial charge in [0, 0.05) is 13.5 Å². The summed E-state index contributed by atoms with van der Waals surface area (Å²) >= 11 is 0. The average molecular weight is 291 g/mol. The van der Waals surface area contributed by atoms with E-state index in [2.05, 4.69) is 0 Å². The highest BCUT2D eigenvalue weighted by molar-refractivity contribution is 5.91. The van der Waals surface area contributed by atoms with Gasteiger partial charge in [0.25, 0.3) is 5.91 Å². The van der Waals surface area contributed by atoms with Crippen LogP contribution in [0.15, 0.2) is 27.0 Å². The maximum atomic E-state index is 12.2. The molecule has 2 rings (SSSR count). The van der Waals surface area contributed by atoms with E-state index in [0.29, 0.717) is 11.5 Å². The zero-order valence-corrected chi connectivity index (χ0v) is 12.2. The van der Waals surface area contributed by atoms with Crippen LogP contribution in [0.25, 0.3) is 0 Å². The number of carbonyl (C=O) groups is 2. The lowest BCUT2D eigenvalue weighted by atomic mass is 10.2. The molecule has 0 saturated carbocycles. The lowest BCUT2D eigenvalue weighted by molar-refractivity contribution is 0.0693. The van der Waals surface area contributed by atoms with Crippen LogP contribution in [0.1, 0.15) is 45.1 Å². The summed E-state index contributed by atoms with van der Waals surface area (Å²) in [6.45, 7) is 3.69. The number of amides is 1. The van der Waals surface area contributed by atoms with E-state index >= 15 is 0 Å². The molecule has 6 heteroatoms. The van der Waals surface area contributed by atoms with E-state index in [9.17, 15) is 9.59 Å². The molecule has 0 spiro atoms. The smallest absolute Gasteiger partial charge is 0.339 e. The van der Waals surface area contributed by atoms with Crippen LogP contribution in [0.5, 0.6) is 0 Å². The Morgan fingerprint density at radius 3 is 2.48 bits per heavy atom. The van der Waals surface area contributed by atoms with Crippen molar-refractivity contribution in [2.75, 3.05) is 7.05 Å². The van der Waals surface area contributed by atoms with E-state index in [4.69, 9.17) is 13.9 Å². The first-order valence-electron chi connectivity index (χ1n) is 6.59.